The number of piperazine rings is 1. The van der Waals surface area contributed by atoms with E-state index in [1.807, 2.05) is 33.8 Å². The summed E-state index contributed by atoms with van der Waals surface area (Å²) in [4.78, 5) is 20.9. The van der Waals surface area contributed by atoms with Gasteiger partial charge in [0.15, 0.2) is 6.10 Å². The molecule has 4 rings (SSSR count). The minimum Gasteiger partial charge on any atom is -0.480 e. The molecule has 24 heavy (non-hydrogen) atoms. The molecule has 1 saturated heterocycles. The summed E-state index contributed by atoms with van der Waals surface area (Å²) < 4.78 is 7.66. The molecule has 2 aromatic rings. The van der Waals surface area contributed by atoms with Crippen LogP contribution in [0.4, 0.5) is 0 Å². The predicted octanol–water partition coefficient (Wildman–Crippen LogP) is 0.426. The van der Waals surface area contributed by atoms with Crippen LogP contribution < -0.4 is 4.74 Å². The molecule has 2 aliphatic heterocycles. The molecule has 1 atom stereocenters. The number of amides is 1. The molecule has 126 valence electrons. The maximum atomic E-state index is 12.7. The Bertz CT molecular complexity index is 670. The summed E-state index contributed by atoms with van der Waals surface area (Å²) in [6.07, 6.45) is 3.61. The summed E-state index contributed by atoms with van der Waals surface area (Å²) in [5.74, 6) is 0.962. The Morgan fingerprint density at radius 2 is 2.00 bits per heavy atom. The normalized spacial score (nSPS) is 20.7. The lowest BCUT2D eigenvalue weighted by molar-refractivity contribution is -0.139. The Morgan fingerprint density at radius 3 is 2.75 bits per heavy atom. The third kappa shape index (κ3) is 3.12. The lowest BCUT2D eigenvalue weighted by Gasteiger charge is -2.35. The van der Waals surface area contributed by atoms with Crippen LogP contribution in [-0.2, 0) is 17.8 Å². The first-order valence-corrected chi connectivity index (χ1v) is 8.38. The summed E-state index contributed by atoms with van der Waals surface area (Å²) >= 11 is 0. The highest BCUT2D eigenvalue weighted by molar-refractivity contribution is 5.82. The number of hydrogen-bond acceptors (Lipinski definition) is 5. The van der Waals surface area contributed by atoms with E-state index in [1.54, 1.807) is 12.7 Å². The number of carbonyl (C=O) groups is 1. The standard InChI is InChI=1S/C17H21N5O2/c23-17(16-11-14-3-1-2-4-15(14)24-16)21-8-5-20(6-9-21)7-10-22-13-18-12-19-22/h1-4,12-13,16H,5-11H2/t16-/m1/s1. The van der Waals surface area contributed by atoms with Gasteiger partial charge in [0.25, 0.3) is 5.91 Å². The zero-order valence-electron chi connectivity index (χ0n) is 13.5. The van der Waals surface area contributed by atoms with Gasteiger partial charge in [-0.2, -0.15) is 5.10 Å². The van der Waals surface area contributed by atoms with Crippen molar-refractivity contribution in [2.45, 2.75) is 19.1 Å². The van der Waals surface area contributed by atoms with Gasteiger partial charge in [0.05, 0.1) is 6.54 Å². The second kappa shape index (κ2) is 6.60. The predicted molar refractivity (Wildman–Crippen MR) is 87.6 cm³/mol. The maximum Gasteiger partial charge on any atom is 0.264 e. The Labute approximate surface area is 140 Å². The highest BCUT2D eigenvalue weighted by atomic mass is 16.5. The number of nitrogens with zero attached hydrogens (tertiary/aromatic N) is 5. The molecule has 3 heterocycles. The Kier molecular flexibility index (Phi) is 4.17. The quantitative estimate of drug-likeness (QED) is 0.815. The number of benzene rings is 1. The van der Waals surface area contributed by atoms with Crippen molar-refractivity contribution in [1.29, 1.82) is 0 Å². The molecule has 0 spiro atoms. The molecule has 0 bridgehead atoms. The summed E-state index contributed by atoms with van der Waals surface area (Å²) in [6.45, 7) is 5.05. The fourth-order valence-electron chi connectivity index (χ4n) is 3.31. The molecule has 0 aliphatic carbocycles. The largest absolute Gasteiger partial charge is 0.480 e. The van der Waals surface area contributed by atoms with E-state index < -0.39 is 0 Å². The fraction of sp³-hybridized carbons (Fsp3) is 0.471. The molecule has 0 radical (unpaired) electrons. The first kappa shape index (κ1) is 15.1. The van der Waals surface area contributed by atoms with Crippen LogP contribution in [0.25, 0.3) is 0 Å². The first-order valence-electron chi connectivity index (χ1n) is 8.38. The molecular formula is C17H21N5O2. The topological polar surface area (TPSA) is 63.5 Å². The second-order valence-corrected chi connectivity index (χ2v) is 6.24. The molecule has 0 unspecified atom stereocenters. The van der Waals surface area contributed by atoms with E-state index in [4.69, 9.17) is 4.74 Å². The van der Waals surface area contributed by atoms with Crippen LogP contribution in [0.5, 0.6) is 5.75 Å². The summed E-state index contributed by atoms with van der Waals surface area (Å²) in [7, 11) is 0. The average Bonchev–Trinajstić information content (AvgIpc) is 3.29. The Morgan fingerprint density at radius 1 is 1.17 bits per heavy atom. The molecule has 0 N–H and O–H groups in total. The van der Waals surface area contributed by atoms with Gasteiger partial charge in [-0.05, 0) is 11.6 Å². The van der Waals surface area contributed by atoms with Gasteiger partial charge in [-0.3, -0.25) is 14.4 Å². The first-order chi connectivity index (χ1) is 11.8. The number of hydrogen-bond donors (Lipinski definition) is 0. The zero-order valence-corrected chi connectivity index (χ0v) is 13.5. The molecule has 1 aromatic heterocycles. The lowest BCUT2D eigenvalue weighted by atomic mass is 10.1. The van der Waals surface area contributed by atoms with Crippen LogP contribution in [0, 0.1) is 0 Å². The number of ether oxygens (including phenoxy) is 1. The molecule has 1 amide bonds. The maximum absolute atomic E-state index is 12.7. The molecule has 2 aliphatic rings. The Hall–Kier alpha value is -2.41. The molecular weight excluding hydrogens is 306 g/mol. The van der Waals surface area contributed by atoms with E-state index >= 15 is 0 Å². The van der Waals surface area contributed by atoms with Crippen molar-refractivity contribution in [3.05, 3.63) is 42.5 Å². The number of para-hydroxylation sites is 1. The van der Waals surface area contributed by atoms with Gasteiger partial charge >= 0.3 is 0 Å². The number of fused-ring (bicyclic) bond motifs is 1. The zero-order chi connectivity index (χ0) is 16.4. The van der Waals surface area contributed by atoms with Crippen LogP contribution in [0.15, 0.2) is 36.9 Å². The lowest BCUT2D eigenvalue weighted by Crippen LogP contribution is -2.52. The van der Waals surface area contributed by atoms with Gasteiger partial charge in [-0.1, -0.05) is 18.2 Å². The molecule has 7 nitrogen and oxygen atoms in total. The third-order valence-electron chi connectivity index (χ3n) is 4.72. The van der Waals surface area contributed by atoms with Crippen molar-refractivity contribution in [2.75, 3.05) is 32.7 Å². The SMILES string of the molecule is O=C([C@H]1Cc2ccccc2O1)N1CCN(CCn2cncn2)CC1. The minimum atomic E-state index is -0.357. The van der Waals surface area contributed by atoms with Crippen LogP contribution in [-0.4, -0.2) is 69.3 Å². The molecule has 7 heteroatoms. The van der Waals surface area contributed by atoms with E-state index in [0.29, 0.717) is 6.42 Å². The minimum absolute atomic E-state index is 0.113. The number of aromatic nitrogens is 3. The Balaban J connectivity index is 1.26. The summed E-state index contributed by atoms with van der Waals surface area (Å²) in [5, 5.41) is 4.11. The highest BCUT2D eigenvalue weighted by Gasteiger charge is 2.33. The monoisotopic (exact) mass is 327 g/mol. The number of rotatable bonds is 4. The molecule has 1 aromatic carbocycles. The third-order valence-corrected chi connectivity index (χ3v) is 4.72. The van der Waals surface area contributed by atoms with Gasteiger partial charge in [0.2, 0.25) is 0 Å². The van der Waals surface area contributed by atoms with Crippen molar-refractivity contribution >= 4 is 5.91 Å². The van der Waals surface area contributed by atoms with E-state index in [0.717, 1.165) is 50.6 Å². The average molecular weight is 327 g/mol. The smallest absolute Gasteiger partial charge is 0.264 e. The van der Waals surface area contributed by atoms with E-state index in [9.17, 15) is 4.79 Å². The van der Waals surface area contributed by atoms with Crippen LogP contribution >= 0.6 is 0 Å². The van der Waals surface area contributed by atoms with E-state index in [2.05, 4.69) is 15.0 Å². The van der Waals surface area contributed by atoms with Crippen molar-refractivity contribution in [3.63, 3.8) is 0 Å². The van der Waals surface area contributed by atoms with Crippen LogP contribution in [0.3, 0.4) is 0 Å². The van der Waals surface area contributed by atoms with E-state index in [1.165, 1.54) is 0 Å². The van der Waals surface area contributed by atoms with E-state index in [-0.39, 0.29) is 12.0 Å². The van der Waals surface area contributed by atoms with Gasteiger partial charge in [0, 0.05) is 39.1 Å². The summed E-state index contributed by atoms with van der Waals surface area (Å²) in [5.41, 5.74) is 1.13. The van der Waals surface area contributed by atoms with Crippen molar-refractivity contribution in [1.82, 2.24) is 24.6 Å². The van der Waals surface area contributed by atoms with Crippen LogP contribution in [0.1, 0.15) is 5.56 Å². The fourth-order valence-corrected chi connectivity index (χ4v) is 3.31. The van der Waals surface area contributed by atoms with Crippen molar-refractivity contribution in [2.24, 2.45) is 0 Å². The van der Waals surface area contributed by atoms with Gasteiger partial charge in [-0.25, -0.2) is 4.98 Å². The van der Waals surface area contributed by atoms with Gasteiger partial charge < -0.3 is 9.64 Å². The summed E-state index contributed by atoms with van der Waals surface area (Å²) in [6, 6.07) is 7.90. The highest BCUT2D eigenvalue weighted by Crippen LogP contribution is 2.29. The molecule has 1 fully saturated rings. The molecule has 0 saturated carbocycles. The van der Waals surface area contributed by atoms with Gasteiger partial charge in [-0.15, -0.1) is 0 Å². The van der Waals surface area contributed by atoms with Crippen LogP contribution in [0.2, 0.25) is 0 Å². The van der Waals surface area contributed by atoms with Gasteiger partial charge in [0.1, 0.15) is 18.4 Å². The van der Waals surface area contributed by atoms with Crippen molar-refractivity contribution in [3.8, 4) is 5.75 Å². The second-order valence-electron chi connectivity index (χ2n) is 6.24. The van der Waals surface area contributed by atoms with Crippen molar-refractivity contribution < 1.29 is 9.53 Å². The number of carbonyl (C=O) groups excluding carboxylic acids is 1.